The first-order valence-electron chi connectivity index (χ1n) is 5.74. The minimum absolute atomic E-state index is 0.0600. The van der Waals surface area contributed by atoms with Gasteiger partial charge in [0.1, 0.15) is 0 Å². The summed E-state index contributed by atoms with van der Waals surface area (Å²) in [5, 5.41) is 6.05. The summed E-state index contributed by atoms with van der Waals surface area (Å²) in [5.74, 6) is 1.00. The Kier molecular flexibility index (Phi) is 6.47. The molecule has 0 bridgehead atoms. The van der Waals surface area contributed by atoms with Crippen molar-refractivity contribution in [1.29, 1.82) is 0 Å². The first-order chi connectivity index (χ1) is 8.29. The SMILES string of the molecule is CCNc1ccncc1C(=O)NCCCSC. The number of carbonyl (C=O) groups excluding carboxylic acids is 1. The predicted molar refractivity (Wildman–Crippen MR) is 73.7 cm³/mol. The number of anilines is 1. The first kappa shape index (κ1) is 13.8. The Hall–Kier alpha value is -1.23. The number of nitrogens with zero attached hydrogens (tertiary/aromatic N) is 1. The van der Waals surface area contributed by atoms with Crippen LogP contribution in [0.15, 0.2) is 18.5 Å². The first-order valence-corrected chi connectivity index (χ1v) is 7.14. The third-order valence-electron chi connectivity index (χ3n) is 2.24. The van der Waals surface area contributed by atoms with Crippen LogP contribution in [0.3, 0.4) is 0 Å². The lowest BCUT2D eigenvalue weighted by Crippen LogP contribution is -2.26. The monoisotopic (exact) mass is 253 g/mol. The minimum atomic E-state index is -0.0600. The fourth-order valence-electron chi connectivity index (χ4n) is 1.43. The number of carbonyl (C=O) groups is 1. The fourth-order valence-corrected chi connectivity index (χ4v) is 1.87. The van der Waals surface area contributed by atoms with Gasteiger partial charge in [-0.25, -0.2) is 0 Å². The maximum atomic E-state index is 11.9. The van der Waals surface area contributed by atoms with Crippen molar-refractivity contribution >= 4 is 23.4 Å². The molecule has 0 aliphatic heterocycles. The third-order valence-corrected chi connectivity index (χ3v) is 2.94. The Bertz CT molecular complexity index is 357. The van der Waals surface area contributed by atoms with Crippen LogP contribution >= 0.6 is 11.8 Å². The number of aromatic nitrogens is 1. The molecule has 4 nitrogen and oxygen atoms in total. The van der Waals surface area contributed by atoms with E-state index in [-0.39, 0.29) is 5.91 Å². The number of hydrogen-bond donors (Lipinski definition) is 2. The minimum Gasteiger partial charge on any atom is -0.385 e. The summed E-state index contributed by atoms with van der Waals surface area (Å²) in [5.41, 5.74) is 1.45. The summed E-state index contributed by atoms with van der Waals surface area (Å²) < 4.78 is 0. The normalized spacial score (nSPS) is 10.0. The Labute approximate surface area is 107 Å². The van der Waals surface area contributed by atoms with E-state index in [9.17, 15) is 4.79 Å². The molecule has 0 aliphatic carbocycles. The molecule has 0 atom stereocenters. The van der Waals surface area contributed by atoms with E-state index in [1.807, 2.05) is 13.0 Å². The van der Waals surface area contributed by atoms with Gasteiger partial charge in [-0.15, -0.1) is 0 Å². The van der Waals surface area contributed by atoms with Gasteiger partial charge in [-0.3, -0.25) is 9.78 Å². The van der Waals surface area contributed by atoms with Crippen molar-refractivity contribution in [3.05, 3.63) is 24.0 Å². The van der Waals surface area contributed by atoms with Gasteiger partial charge >= 0.3 is 0 Å². The Balaban J connectivity index is 2.55. The summed E-state index contributed by atoms with van der Waals surface area (Å²) in [6.45, 7) is 3.50. The second-order valence-electron chi connectivity index (χ2n) is 3.55. The van der Waals surface area contributed by atoms with Crippen LogP contribution in [0.25, 0.3) is 0 Å². The zero-order chi connectivity index (χ0) is 12.5. The van der Waals surface area contributed by atoms with E-state index in [2.05, 4.69) is 21.9 Å². The zero-order valence-electron chi connectivity index (χ0n) is 10.3. The summed E-state index contributed by atoms with van der Waals surface area (Å²) in [6.07, 6.45) is 6.33. The molecule has 5 heteroatoms. The van der Waals surface area contributed by atoms with Crippen molar-refractivity contribution in [3.63, 3.8) is 0 Å². The molecule has 0 radical (unpaired) electrons. The van der Waals surface area contributed by atoms with E-state index < -0.39 is 0 Å². The van der Waals surface area contributed by atoms with Crippen LogP contribution in [0.5, 0.6) is 0 Å². The van der Waals surface area contributed by atoms with Crippen LogP contribution in [0.4, 0.5) is 5.69 Å². The van der Waals surface area contributed by atoms with Gasteiger partial charge in [0.15, 0.2) is 0 Å². The van der Waals surface area contributed by atoms with E-state index in [1.54, 1.807) is 24.2 Å². The average molecular weight is 253 g/mol. The van der Waals surface area contributed by atoms with Crippen LogP contribution < -0.4 is 10.6 Å². The highest BCUT2D eigenvalue weighted by atomic mass is 32.2. The number of hydrogen-bond acceptors (Lipinski definition) is 4. The number of amides is 1. The van der Waals surface area contributed by atoms with Crippen molar-refractivity contribution in [2.24, 2.45) is 0 Å². The van der Waals surface area contributed by atoms with Crippen molar-refractivity contribution in [2.45, 2.75) is 13.3 Å². The zero-order valence-corrected chi connectivity index (χ0v) is 11.1. The van der Waals surface area contributed by atoms with Crippen LogP contribution in [0.1, 0.15) is 23.7 Å². The van der Waals surface area contributed by atoms with Crippen molar-refractivity contribution in [3.8, 4) is 0 Å². The quantitative estimate of drug-likeness (QED) is 0.730. The highest BCUT2D eigenvalue weighted by Gasteiger charge is 2.09. The van der Waals surface area contributed by atoms with Gasteiger partial charge in [-0.05, 0) is 31.4 Å². The smallest absolute Gasteiger partial charge is 0.254 e. The summed E-state index contributed by atoms with van der Waals surface area (Å²) in [4.78, 5) is 15.9. The van der Waals surface area contributed by atoms with E-state index in [0.29, 0.717) is 12.1 Å². The Morgan fingerprint density at radius 1 is 1.53 bits per heavy atom. The number of thioether (sulfide) groups is 1. The Morgan fingerprint density at radius 3 is 3.06 bits per heavy atom. The summed E-state index contributed by atoms with van der Waals surface area (Å²) in [6, 6.07) is 1.82. The topological polar surface area (TPSA) is 54.0 Å². The van der Waals surface area contributed by atoms with Gasteiger partial charge in [0.2, 0.25) is 0 Å². The van der Waals surface area contributed by atoms with Crippen LogP contribution in [0.2, 0.25) is 0 Å². The molecule has 1 amide bonds. The van der Waals surface area contributed by atoms with Gasteiger partial charge in [0.25, 0.3) is 5.91 Å². The molecule has 1 aromatic heterocycles. The molecule has 1 aromatic rings. The van der Waals surface area contributed by atoms with Gasteiger partial charge in [-0.2, -0.15) is 11.8 Å². The van der Waals surface area contributed by atoms with E-state index in [0.717, 1.165) is 24.4 Å². The molecule has 0 saturated carbocycles. The standard InChI is InChI=1S/C12H19N3OS/c1-3-14-11-5-7-13-9-10(11)12(16)15-6-4-8-17-2/h5,7,9H,3-4,6,8H2,1-2H3,(H,13,14)(H,15,16). The number of nitrogens with one attached hydrogen (secondary N) is 2. The molecular weight excluding hydrogens is 234 g/mol. The maximum absolute atomic E-state index is 11.9. The lowest BCUT2D eigenvalue weighted by Gasteiger charge is -2.10. The van der Waals surface area contributed by atoms with Gasteiger partial charge < -0.3 is 10.6 Å². The predicted octanol–water partition coefficient (Wildman–Crippen LogP) is 2.00. The molecule has 0 aromatic carbocycles. The van der Waals surface area contributed by atoms with Crippen molar-refractivity contribution in [2.75, 3.05) is 30.4 Å². The highest BCUT2D eigenvalue weighted by Crippen LogP contribution is 2.12. The van der Waals surface area contributed by atoms with Crippen molar-refractivity contribution in [1.82, 2.24) is 10.3 Å². The lowest BCUT2D eigenvalue weighted by molar-refractivity contribution is 0.0954. The molecule has 1 heterocycles. The molecular formula is C12H19N3OS. The second kappa shape index (κ2) is 7.95. The van der Waals surface area contributed by atoms with Crippen molar-refractivity contribution < 1.29 is 4.79 Å². The van der Waals surface area contributed by atoms with E-state index >= 15 is 0 Å². The summed E-state index contributed by atoms with van der Waals surface area (Å²) >= 11 is 1.78. The molecule has 0 unspecified atom stereocenters. The van der Waals surface area contributed by atoms with Gasteiger partial charge in [0, 0.05) is 25.5 Å². The van der Waals surface area contributed by atoms with Gasteiger partial charge in [-0.1, -0.05) is 0 Å². The molecule has 0 aliphatic rings. The second-order valence-corrected chi connectivity index (χ2v) is 4.54. The third kappa shape index (κ3) is 4.65. The lowest BCUT2D eigenvalue weighted by atomic mass is 10.2. The van der Waals surface area contributed by atoms with Crippen LogP contribution in [0, 0.1) is 0 Å². The van der Waals surface area contributed by atoms with Crippen LogP contribution in [-0.2, 0) is 0 Å². The largest absolute Gasteiger partial charge is 0.385 e. The Morgan fingerprint density at radius 2 is 2.35 bits per heavy atom. The number of pyridine rings is 1. The highest BCUT2D eigenvalue weighted by molar-refractivity contribution is 7.98. The molecule has 94 valence electrons. The van der Waals surface area contributed by atoms with Crippen LogP contribution in [-0.4, -0.2) is 36.0 Å². The van der Waals surface area contributed by atoms with E-state index in [4.69, 9.17) is 0 Å². The number of rotatable bonds is 7. The van der Waals surface area contributed by atoms with E-state index in [1.165, 1.54) is 0 Å². The molecule has 17 heavy (non-hydrogen) atoms. The average Bonchev–Trinajstić information content (AvgIpc) is 2.35. The maximum Gasteiger partial charge on any atom is 0.254 e. The molecule has 0 saturated heterocycles. The molecule has 1 rings (SSSR count). The summed E-state index contributed by atoms with van der Waals surface area (Å²) in [7, 11) is 0. The molecule has 2 N–H and O–H groups in total. The molecule has 0 spiro atoms. The molecule has 0 fully saturated rings. The fraction of sp³-hybridized carbons (Fsp3) is 0.500. The van der Waals surface area contributed by atoms with Gasteiger partial charge in [0.05, 0.1) is 11.3 Å².